The van der Waals surface area contributed by atoms with Crippen molar-refractivity contribution < 1.29 is 47.4 Å². The Bertz CT molecular complexity index is 2210. The van der Waals surface area contributed by atoms with E-state index in [1.165, 1.54) is 4.90 Å². The predicted octanol–water partition coefficient (Wildman–Crippen LogP) is 7.47. The van der Waals surface area contributed by atoms with Crippen LogP contribution in [0.15, 0.2) is 79.0 Å². The first kappa shape index (κ1) is 40.0. The molecule has 4 amide bonds. The van der Waals surface area contributed by atoms with Gasteiger partial charge >= 0.3 is 12.1 Å². The van der Waals surface area contributed by atoms with E-state index in [-0.39, 0.29) is 49.4 Å². The highest BCUT2D eigenvalue weighted by Gasteiger charge is 2.70. The largest absolute Gasteiger partial charge is 0.507 e. The number of anilines is 1. The van der Waals surface area contributed by atoms with E-state index in [0.717, 1.165) is 0 Å². The first-order valence-electron chi connectivity index (χ1n) is 18.4. The lowest BCUT2D eigenvalue weighted by Crippen LogP contribution is -2.53. The van der Waals surface area contributed by atoms with Crippen molar-refractivity contribution in [1.82, 2.24) is 14.9 Å². The summed E-state index contributed by atoms with van der Waals surface area (Å²) in [4.78, 5) is 74.4. The number of fused-ring (bicyclic) bond motifs is 4. The molecule has 0 radical (unpaired) electrons. The van der Waals surface area contributed by atoms with Crippen molar-refractivity contribution in [2.75, 3.05) is 12.0 Å². The molecule has 16 heteroatoms. The van der Waals surface area contributed by atoms with Crippen LogP contribution in [0, 0.1) is 23.7 Å². The molecule has 11 nitrogen and oxygen atoms in total. The number of carbonyl (C=O) groups is 5. The zero-order valence-electron chi connectivity index (χ0n) is 30.3. The molecule has 298 valence electrons. The zero-order chi connectivity index (χ0) is 41.0. The maximum atomic E-state index is 15.4. The van der Waals surface area contributed by atoms with E-state index in [2.05, 4.69) is 17.0 Å². The second-order valence-corrected chi connectivity index (χ2v) is 15.6. The molecule has 1 saturated carbocycles. The minimum absolute atomic E-state index is 0.0404. The summed E-state index contributed by atoms with van der Waals surface area (Å²) in [5, 5.41) is 21.5. The number of carboxylic acids is 1. The highest BCUT2D eigenvalue weighted by Crippen LogP contribution is 2.65. The number of carbonyl (C=O) groups excluding carboxylic acids is 4. The van der Waals surface area contributed by atoms with Crippen LogP contribution in [0.5, 0.6) is 5.75 Å². The van der Waals surface area contributed by atoms with Crippen LogP contribution in [0.25, 0.3) is 0 Å². The van der Waals surface area contributed by atoms with Crippen molar-refractivity contribution in [3.8, 4) is 5.75 Å². The fourth-order valence-electron chi connectivity index (χ4n) is 9.30. The Morgan fingerprint density at radius 1 is 1.02 bits per heavy atom. The van der Waals surface area contributed by atoms with E-state index < -0.39 is 81.3 Å². The van der Waals surface area contributed by atoms with Crippen LogP contribution in [-0.2, 0) is 42.0 Å². The maximum Gasteiger partial charge on any atom is 0.417 e. The molecular formula is C41H37Cl2F3N4O7. The molecule has 2 aliphatic heterocycles. The summed E-state index contributed by atoms with van der Waals surface area (Å²) in [6.07, 6.45) is 0.708. The number of aromatic nitrogens is 1. The van der Waals surface area contributed by atoms with E-state index >= 15 is 4.79 Å². The molecule has 3 fully saturated rings. The van der Waals surface area contributed by atoms with Gasteiger partial charge in [-0.15, -0.1) is 6.58 Å². The molecule has 3 aromatic rings. The summed E-state index contributed by atoms with van der Waals surface area (Å²) in [6, 6.07) is 12.0. The summed E-state index contributed by atoms with van der Waals surface area (Å²) in [5.74, 6) is -8.65. The molecular weight excluding hydrogens is 788 g/mol. The number of likely N-dealkylation sites (tertiary alicyclic amines) is 1. The van der Waals surface area contributed by atoms with E-state index in [4.69, 9.17) is 28.3 Å². The number of amides is 4. The average molecular weight is 826 g/mol. The number of imide groups is 2. The molecule has 2 aliphatic carbocycles. The van der Waals surface area contributed by atoms with Crippen LogP contribution < -0.4 is 5.43 Å². The standard InChI is InChI=1S/C41H37Cl2F3N4O7/c1-2-7-21-8-6-9-27(34(21)53)33-25-15-16-26-32(38(56)49(36(26)54)17-5-3-4-10-31(51)52)28(25)19-29-37(55)50(39(57)40(29,33)22-11-13-24(42)14-12-22)48-35-30(43)18-23(20-47-35)41(44,45)46/h2,6,8-9,11-15,18,20,26,28-29,32-33,53H,1,3-5,7,10,16-17,19H2,(H,47,48)(H,51,52). The number of halogens is 5. The lowest BCUT2D eigenvalue weighted by Gasteiger charge is -2.50. The van der Waals surface area contributed by atoms with Gasteiger partial charge in [0.05, 0.1) is 33.8 Å². The number of unbranched alkanes of at least 4 members (excludes halogenated alkanes) is 2. The van der Waals surface area contributed by atoms with Crippen LogP contribution in [-0.4, -0.2) is 61.2 Å². The van der Waals surface area contributed by atoms with Crippen molar-refractivity contribution in [3.05, 3.63) is 111 Å². The van der Waals surface area contributed by atoms with Gasteiger partial charge in [0.1, 0.15) is 5.75 Å². The van der Waals surface area contributed by atoms with Gasteiger partial charge in [0.2, 0.25) is 11.8 Å². The third kappa shape index (κ3) is 6.75. The summed E-state index contributed by atoms with van der Waals surface area (Å²) >= 11 is 12.6. The van der Waals surface area contributed by atoms with E-state index in [1.807, 2.05) is 6.08 Å². The van der Waals surface area contributed by atoms with Crippen molar-refractivity contribution in [2.45, 2.75) is 62.5 Å². The number of nitrogens with zero attached hydrogens (tertiary/aromatic N) is 3. The van der Waals surface area contributed by atoms with E-state index in [1.54, 1.807) is 48.5 Å². The minimum atomic E-state index is -4.77. The summed E-state index contributed by atoms with van der Waals surface area (Å²) in [5.41, 5.74) is 1.32. The molecule has 0 spiro atoms. The fraction of sp³-hybridized carbons (Fsp3) is 0.366. The van der Waals surface area contributed by atoms with Crippen LogP contribution in [0.3, 0.4) is 0 Å². The normalized spacial score (nSPS) is 25.6. The Balaban J connectivity index is 1.37. The molecule has 2 aromatic carbocycles. The second-order valence-electron chi connectivity index (χ2n) is 14.8. The quantitative estimate of drug-likeness (QED) is 0.0958. The number of hydrogen-bond acceptors (Lipinski definition) is 8. The van der Waals surface area contributed by atoms with Crippen LogP contribution in [0.1, 0.15) is 66.7 Å². The maximum absolute atomic E-state index is 15.4. The molecule has 57 heavy (non-hydrogen) atoms. The van der Waals surface area contributed by atoms with Gasteiger partial charge in [0, 0.05) is 35.7 Å². The number of phenols is 1. The number of hydrogen-bond donors (Lipinski definition) is 3. The number of allylic oxidation sites excluding steroid dienone is 3. The monoisotopic (exact) mass is 824 g/mol. The SMILES string of the molecule is C=CCc1cccc(C2C3=CCC4C(=O)N(CCCCCC(=O)O)C(=O)C4C3CC3C(=O)N(Nc4ncc(C(F)(F)F)cc4Cl)C(=O)C32c2ccc(Cl)cc2)c1O. The topological polar surface area (TPSA) is 157 Å². The van der Waals surface area contributed by atoms with Crippen LogP contribution >= 0.6 is 23.2 Å². The Hall–Kier alpha value is -5.21. The number of phenolic OH excluding ortho intramolecular Hbond substituents is 1. The molecule has 3 heterocycles. The number of aliphatic carboxylic acids is 1. The zero-order valence-corrected chi connectivity index (χ0v) is 31.8. The molecule has 1 aromatic heterocycles. The smallest absolute Gasteiger partial charge is 0.417 e. The van der Waals surface area contributed by atoms with Gasteiger partial charge in [-0.3, -0.25) is 34.3 Å². The van der Waals surface area contributed by atoms with Gasteiger partial charge in [-0.1, -0.05) is 77.7 Å². The van der Waals surface area contributed by atoms with Crippen molar-refractivity contribution in [2.24, 2.45) is 23.7 Å². The van der Waals surface area contributed by atoms with Gasteiger partial charge < -0.3 is 10.2 Å². The third-order valence-electron chi connectivity index (χ3n) is 11.7. The van der Waals surface area contributed by atoms with E-state index in [0.29, 0.717) is 58.3 Å². The van der Waals surface area contributed by atoms with Gasteiger partial charge in [-0.05, 0) is 67.3 Å². The number of nitrogens with one attached hydrogen (secondary N) is 1. The van der Waals surface area contributed by atoms with Gasteiger partial charge in [-0.25, -0.2) is 4.98 Å². The summed E-state index contributed by atoms with van der Waals surface area (Å²) in [6.45, 7) is 3.89. The fourth-order valence-corrected chi connectivity index (χ4v) is 9.63. The Labute approximate surface area is 335 Å². The molecule has 6 atom stereocenters. The summed E-state index contributed by atoms with van der Waals surface area (Å²) < 4.78 is 40.5. The lowest BCUT2D eigenvalue weighted by atomic mass is 9.49. The molecule has 0 bridgehead atoms. The van der Waals surface area contributed by atoms with Crippen LogP contribution in [0.4, 0.5) is 19.0 Å². The van der Waals surface area contributed by atoms with Crippen molar-refractivity contribution in [3.63, 3.8) is 0 Å². The van der Waals surface area contributed by atoms with Gasteiger partial charge in [-0.2, -0.15) is 18.2 Å². The highest BCUT2D eigenvalue weighted by molar-refractivity contribution is 6.33. The number of pyridine rings is 1. The third-order valence-corrected chi connectivity index (χ3v) is 12.3. The first-order chi connectivity index (χ1) is 27.1. The van der Waals surface area contributed by atoms with E-state index in [9.17, 15) is 37.5 Å². The molecule has 2 saturated heterocycles. The number of alkyl halides is 3. The van der Waals surface area contributed by atoms with Crippen molar-refractivity contribution in [1.29, 1.82) is 0 Å². The first-order valence-corrected chi connectivity index (χ1v) is 19.2. The number of hydrazine groups is 1. The minimum Gasteiger partial charge on any atom is -0.507 e. The number of carboxylic acid groups (broad SMARTS) is 1. The Morgan fingerprint density at radius 2 is 1.75 bits per heavy atom. The molecule has 6 unspecified atom stereocenters. The van der Waals surface area contributed by atoms with Crippen LogP contribution in [0.2, 0.25) is 10.0 Å². The predicted molar refractivity (Wildman–Crippen MR) is 202 cm³/mol. The number of para-hydroxylation sites is 1. The Morgan fingerprint density at radius 3 is 2.42 bits per heavy atom. The second kappa shape index (κ2) is 15.3. The molecule has 3 N–H and O–H groups in total. The Kier molecular flexibility index (Phi) is 10.7. The van der Waals surface area contributed by atoms with Gasteiger partial charge in [0.25, 0.3) is 11.8 Å². The average Bonchev–Trinajstić information content (AvgIpc) is 3.53. The van der Waals surface area contributed by atoms with Crippen molar-refractivity contribution >= 4 is 58.6 Å². The van der Waals surface area contributed by atoms with Gasteiger partial charge in [0.15, 0.2) is 5.82 Å². The molecule has 7 rings (SSSR count). The molecule has 4 aliphatic rings. The summed E-state index contributed by atoms with van der Waals surface area (Å²) in [7, 11) is 0. The number of benzene rings is 2. The number of aromatic hydroxyl groups is 1. The lowest BCUT2D eigenvalue weighted by molar-refractivity contribution is -0.141. The highest BCUT2D eigenvalue weighted by atomic mass is 35.5. The number of rotatable bonds is 12.